The van der Waals surface area contributed by atoms with Crippen LogP contribution in [0.4, 0.5) is 0 Å². The monoisotopic (exact) mass is 396 g/mol. The summed E-state index contributed by atoms with van der Waals surface area (Å²) in [6.07, 6.45) is 0. The summed E-state index contributed by atoms with van der Waals surface area (Å²) in [5.74, 6) is 9.00. The van der Waals surface area contributed by atoms with Crippen molar-refractivity contribution in [2.45, 2.75) is 0 Å². The van der Waals surface area contributed by atoms with Crippen molar-refractivity contribution in [3.63, 3.8) is 0 Å². The molecule has 4 heteroatoms. The van der Waals surface area contributed by atoms with Crippen molar-refractivity contribution in [2.24, 2.45) is 5.84 Å². The predicted molar refractivity (Wildman–Crippen MR) is 93.7 cm³/mol. The van der Waals surface area contributed by atoms with Crippen molar-refractivity contribution in [1.29, 1.82) is 0 Å². The molecular weight excluding hydrogens is 378 g/mol. The minimum atomic E-state index is -0.446. The van der Waals surface area contributed by atoms with E-state index in [1.165, 1.54) is 15.9 Å². The standard InChI is InChI=1S/C18H15P.H3N2.Rh/c1-4-10-16(11-5-1)19(17-12-6-2-7-13-17)18-14-8-3-9-15-18;1-2;/h1-15H;1H,2H2;/q;-1;. The van der Waals surface area contributed by atoms with Crippen LogP contribution in [0, 0.1) is 0 Å². The van der Waals surface area contributed by atoms with Gasteiger partial charge in [0.05, 0.1) is 0 Å². The zero-order valence-corrected chi connectivity index (χ0v) is 14.6. The third-order valence-electron chi connectivity index (χ3n) is 3.04. The number of nitrogens with two attached hydrogens (primary N) is 1. The van der Waals surface area contributed by atoms with E-state index in [0.717, 1.165) is 0 Å². The van der Waals surface area contributed by atoms with Crippen LogP contribution in [0.2, 0.25) is 0 Å². The maximum absolute atomic E-state index is 5.25. The Hall–Kier alpha value is -1.37. The van der Waals surface area contributed by atoms with E-state index >= 15 is 0 Å². The molecule has 115 valence electrons. The Morgan fingerprint density at radius 1 is 0.500 bits per heavy atom. The second-order valence-corrected chi connectivity index (χ2v) is 6.56. The Kier molecular flexibility index (Phi) is 8.81. The van der Waals surface area contributed by atoms with Crippen molar-refractivity contribution in [2.75, 3.05) is 0 Å². The van der Waals surface area contributed by atoms with Gasteiger partial charge in [0.2, 0.25) is 0 Å². The Balaban J connectivity index is 0.000000775. The largest absolute Gasteiger partial charge is 0.615 e. The summed E-state index contributed by atoms with van der Waals surface area (Å²) in [7, 11) is -0.446. The first kappa shape index (κ1) is 18.7. The van der Waals surface area contributed by atoms with Crippen molar-refractivity contribution in [3.8, 4) is 0 Å². The van der Waals surface area contributed by atoms with Crippen LogP contribution >= 0.6 is 7.92 Å². The zero-order valence-electron chi connectivity index (χ0n) is 12.0. The maximum atomic E-state index is 5.25. The van der Waals surface area contributed by atoms with E-state index in [0.29, 0.717) is 0 Å². The Morgan fingerprint density at radius 2 is 0.727 bits per heavy atom. The van der Waals surface area contributed by atoms with Crippen molar-refractivity contribution >= 4 is 23.8 Å². The molecule has 0 heterocycles. The number of hydrogen-bond donors (Lipinski definition) is 1. The maximum Gasteiger partial charge on any atom is 0 e. The van der Waals surface area contributed by atoms with Gasteiger partial charge in [-0.2, -0.15) is 0 Å². The molecule has 1 radical (unpaired) electrons. The SMILES string of the molecule is [NH-]N.[Rh].c1ccc(P(c2ccccc2)c2ccccc2)cc1. The molecule has 0 unspecified atom stereocenters. The Bertz CT molecular complexity index is 539. The van der Waals surface area contributed by atoms with E-state index in [1.54, 1.807) is 0 Å². The van der Waals surface area contributed by atoms with Gasteiger partial charge >= 0.3 is 0 Å². The first-order chi connectivity index (χ1) is 10.4. The second-order valence-electron chi connectivity index (χ2n) is 4.34. The predicted octanol–water partition coefficient (Wildman–Crippen LogP) is 3.35. The van der Waals surface area contributed by atoms with Gasteiger partial charge in [-0.05, 0) is 23.8 Å². The summed E-state index contributed by atoms with van der Waals surface area (Å²) in [5, 5.41) is 4.19. The van der Waals surface area contributed by atoms with E-state index in [4.69, 9.17) is 5.84 Å². The molecule has 0 amide bonds. The van der Waals surface area contributed by atoms with Gasteiger partial charge in [0.1, 0.15) is 0 Å². The molecule has 0 aliphatic carbocycles. The fraction of sp³-hybridized carbons (Fsp3) is 0. The average Bonchev–Trinajstić information content (AvgIpc) is 2.60. The smallest absolute Gasteiger partial charge is 0 e. The summed E-state index contributed by atoms with van der Waals surface area (Å²) in [5.41, 5.74) is 0. The summed E-state index contributed by atoms with van der Waals surface area (Å²) in [4.78, 5) is 0. The molecule has 3 rings (SSSR count). The van der Waals surface area contributed by atoms with Gasteiger partial charge in [-0.15, -0.1) is 0 Å². The third-order valence-corrected chi connectivity index (χ3v) is 5.49. The molecule has 3 aromatic rings. The minimum absolute atomic E-state index is 0. The fourth-order valence-corrected chi connectivity index (χ4v) is 4.48. The normalized spacial score (nSPS) is 9.41. The number of hydrogen-bond acceptors (Lipinski definition) is 1. The Labute approximate surface area is 146 Å². The number of benzene rings is 3. The van der Waals surface area contributed by atoms with Crippen molar-refractivity contribution in [1.82, 2.24) is 0 Å². The van der Waals surface area contributed by atoms with Gasteiger partial charge in [0.25, 0.3) is 0 Å². The third kappa shape index (κ3) is 4.83. The van der Waals surface area contributed by atoms with E-state index < -0.39 is 7.92 Å². The van der Waals surface area contributed by atoms with Crippen LogP contribution < -0.4 is 21.8 Å². The van der Waals surface area contributed by atoms with Crippen LogP contribution in [0.5, 0.6) is 0 Å². The quantitative estimate of drug-likeness (QED) is 0.314. The molecule has 0 saturated carbocycles. The average molecular weight is 396 g/mol. The van der Waals surface area contributed by atoms with Crippen LogP contribution in [0.25, 0.3) is 5.84 Å². The summed E-state index contributed by atoms with van der Waals surface area (Å²) in [6.45, 7) is 0. The van der Waals surface area contributed by atoms with Crippen LogP contribution in [-0.4, -0.2) is 0 Å². The molecular formula is C18H18N2PRh-. The van der Waals surface area contributed by atoms with E-state index in [-0.39, 0.29) is 19.5 Å². The molecule has 22 heavy (non-hydrogen) atoms. The molecule has 3 N–H and O–H groups in total. The minimum Gasteiger partial charge on any atom is -0.615 e. The van der Waals surface area contributed by atoms with E-state index in [2.05, 4.69) is 96.8 Å². The molecule has 0 aliphatic rings. The molecule has 0 spiro atoms. The van der Waals surface area contributed by atoms with Gasteiger partial charge in [-0.25, -0.2) is 0 Å². The molecule has 0 aliphatic heterocycles. The van der Waals surface area contributed by atoms with E-state index in [1.807, 2.05) is 0 Å². The topological polar surface area (TPSA) is 49.8 Å². The van der Waals surface area contributed by atoms with Crippen molar-refractivity contribution < 1.29 is 19.5 Å². The first-order valence-corrected chi connectivity index (χ1v) is 8.03. The van der Waals surface area contributed by atoms with Gasteiger partial charge in [0.15, 0.2) is 0 Å². The van der Waals surface area contributed by atoms with Crippen LogP contribution in [0.3, 0.4) is 0 Å². The van der Waals surface area contributed by atoms with Crippen LogP contribution in [0.1, 0.15) is 0 Å². The van der Waals surface area contributed by atoms with Gasteiger partial charge in [-0.3, -0.25) is 0 Å². The second kappa shape index (κ2) is 10.4. The summed E-state index contributed by atoms with van der Waals surface area (Å²) in [6, 6.07) is 32.3. The van der Waals surface area contributed by atoms with Crippen molar-refractivity contribution in [3.05, 3.63) is 96.8 Å². The number of nitrogens with one attached hydrogen (secondary N) is 1. The van der Waals surface area contributed by atoms with Crippen LogP contribution in [-0.2, 0) is 19.5 Å². The van der Waals surface area contributed by atoms with Gasteiger partial charge in [0, 0.05) is 19.5 Å². The Morgan fingerprint density at radius 3 is 0.955 bits per heavy atom. The first-order valence-electron chi connectivity index (χ1n) is 6.69. The van der Waals surface area contributed by atoms with E-state index in [9.17, 15) is 0 Å². The molecule has 0 bridgehead atoms. The molecule has 0 fully saturated rings. The molecule has 2 nitrogen and oxygen atoms in total. The molecule has 0 aromatic heterocycles. The molecule has 0 atom stereocenters. The summed E-state index contributed by atoms with van der Waals surface area (Å²) >= 11 is 0. The zero-order chi connectivity index (χ0) is 14.9. The molecule has 3 aromatic carbocycles. The number of rotatable bonds is 3. The summed E-state index contributed by atoms with van der Waals surface area (Å²) < 4.78 is 0. The molecule has 0 saturated heterocycles. The van der Waals surface area contributed by atoms with Crippen LogP contribution in [0.15, 0.2) is 91.0 Å². The van der Waals surface area contributed by atoms with Gasteiger partial charge < -0.3 is 11.7 Å². The van der Waals surface area contributed by atoms with Gasteiger partial charge in [-0.1, -0.05) is 91.0 Å². The fourth-order valence-electron chi connectivity index (χ4n) is 2.18.